The number of aldehydes is 1. The first-order chi connectivity index (χ1) is 45.6. The summed E-state index contributed by atoms with van der Waals surface area (Å²) in [5, 5.41) is 8.83. The van der Waals surface area contributed by atoms with Gasteiger partial charge in [0, 0.05) is 82.4 Å². The number of hydrogen-bond donors (Lipinski definition) is 3. The topological polar surface area (TPSA) is 182 Å². The maximum absolute atomic E-state index is 13.9. The van der Waals surface area contributed by atoms with Crippen LogP contribution in [0.1, 0.15) is 103 Å². The van der Waals surface area contributed by atoms with Crippen molar-refractivity contribution < 1.29 is 41.7 Å². The number of fused-ring (bicyclic) bond motifs is 2. The summed E-state index contributed by atoms with van der Waals surface area (Å²) in [6.07, 6.45) is 6.23. The van der Waals surface area contributed by atoms with Crippen LogP contribution in [0.25, 0.3) is 6.08 Å². The Kier molecular flexibility index (Phi) is 24.8. The minimum Gasteiger partial charge on any atom is -0.493 e. The van der Waals surface area contributed by atoms with Gasteiger partial charge in [-0.3, -0.25) is 9.69 Å². The number of amidine groups is 1. The number of hydrogen-bond acceptors (Lipinski definition) is 18. The highest BCUT2D eigenvalue weighted by Crippen LogP contribution is 2.41. The second-order valence-corrected chi connectivity index (χ2v) is 26.6. The molecule has 5 heterocycles. The zero-order valence-corrected chi connectivity index (χ0v) is 56.0. The lowest BCUT2D eigenvalue weighted by Crippen LogP contribution is -2.48. The highest BCUT2D eigenvalue weighted by Gasteiger charge is 2.41. The molecule has 20 heteroatoms. The maximum atomic E-state index is 13.9. The van der Waals surface area contributed by atoms with Crippen LogP contribution in [0.2, 0.25) is 0 Å². The lowest BCUT2D eigenvalue weighted by Gasteiger charge is -2.38. The molecule has 3 N–H and O–H groups in total. The molecule has 1 amide bonds. The maximum Gasteiger partial charge on any atom is 0.410 e. The SMILES string of the molecule is C.CCN1CCN(c2ccc(/C=C/C3NCCc4cc(OCc5ccccc5)c(OC)cc43)cc2)CC1.CCN1CCN(c2ccc(C=O)cc2)CC1.COc1cc2c(cc1OCc1ccccc1)CCN(C(=O)OC(C)(C)C)C2CS(=O)(=O)C1=NNNN1c1ccccc1. The molecule has 7 aromatic carbocycles. The highest BCUT2D eigenvalue weighted by molar-refractivity contribution is 8.06. The van der Waals surface area contributed by atoms with Crippen molar-refractivity contribution in [2.75, 3.05) is 113 Å². The molecule has 2 saturated heterocycles. The Hall–Kier alpha value is -8.92. The third kappa shape index (κ3) is 18.7. The second-order valence-electron chi connectivity index (χ2n) is 24.6. The van der Waals surface area contributed by atoms with Gasteiger partial charge in [0.2, 0.25) is 9.84 Å². The van der Waals surface area contributed by atoms with Gasteiger partial charge in [0.1, 0.15) is 25.1 Å². The summed E-state index contributed by atoms with van der Waals surface area (Å²) in [7, 11) is -0.819. The lowest BCUT2D eigenvalue weighted by molar-refractivity contribution is 0.0162. The predicted molar refractivity (Wildman–Crippen MR) is 380 cm³/mol. The van der Waals surface area contributed by atoms with Crippen LogP contribution in [0.5, 0.6) is 23.0 Å². The number of sulfone groups is 1. The quantitative estimate of drug-likeness (QED) is 0.0689. The molecule has 7 aromatic rings. The molecule has 5 aliphatic heterocycles. The fourth-order valence-electron chi connectivity index (χ4n) is 12.1. The number of nitrogens with zero attached hydrogens (tertiary/aromatic N) is 7. The molecule has 5 aliphatic rings. The number of benzene rings is 7. The molecule has 95 heavy (non-hydrogen) atoms. The van der Waals surface area contributed by atoms with Gasteiger partial charge in [-0.1, -0.05) is 124 Å². The van der Waals surface area contributed by atoms with Gasteiger partial charge in [-0.05, 0) is 158 Å². The predicted octanol–water partition coefficient (Wildman–Crippen LogP) is 11.9. The van der Waals surface area contributed by atoms with E-state index in [1.165, 1.54) is 45.1 Å². The number of carbonyl (C=O) groups is 2. The van der Waals surface area contributed by atoms with Gasteiger partial charge in [0.25, 0.3) is 5.17 Å². The van der Waals surface area contributed by atoms with Crippen LogP contribution < -0.4 is 50.1 Å². The van der Waals surface area contributed by atoms with Crippen molar-refractivity contribution in [3.8, 4) is 23.0 Å². The van der Waals surface area contributed by atoms with E-state index in [1.54, 1.807) is 58.2 Å². The van der Waals surface area contributed by atoms with Crippen LogP contribution in [0.3, 0.4) is 0 Å². The smallest absolute Gasteiger partial charge is 0.410 e. The second kappa shape index (κ2) is 33.5. The highest BCUT2D eigenvalue weighted by atomic mass is 32.2. The fourth-order valence-corrected chi connectivity index (χ4v) is 13.6. The zero-order chi connectivity index (χ0) is 66.0. The largest absolute Gasteiger partial charge is 0.493 e. The van der Waals surface area contributed by atoms with Crippen molar-refractivity contribution in [3.05, 3.63) is 214 Å². The molecule has 12 rings (SSSR count). The van der Waals surface area contributed by atoms with Gasteiger partial charge in [0.15, 0.2) is 23.0 Å². The van der Waals surface area contributed by atoms with Gasteiger partial charge in [-0.15, -0.1) is 10.6 Å². The van der Waals surface area contributed by atoms with Crippen molar-refractivity contribution in [2.45, 2.75) is 85.8 Å². The van der Waals surface area contributed by atoms with Gasteiger partial charge >= 0.3 is 6.09 Å². The Balaban J connectivity index is 0.000000181. The average Bonchev–Trinajstić information content (AvgIpc) is 1.73. The fraction of sp³-hybridized carbons (Fsp3) is 0.373. The Morgan fingerprint density at radius 1 is 0.600 bits per heavy atom. The van der Waals surface area contributed by atoms with Crippen LogP contribution in [-0.4, -0.2) is 145 Å². The van der Waals surface area contributed by atoms with Crippen molar-refractivity contribution in [3.63, 3.8) is 0 Å². The number of rotatable bonds is 18. The summed E-state index contributed by atoms with van der Waals surface area (Å²) in [6, 6.07) is 52.9. The summed E-state index contributed by atoms with van der Waals surface area (Å²) in [5.41, 5.74) is 15.9. The number of methoxy groups -OCH3 is 2. The molecule has 0 aliphatic carbocycles. The molecule has 0 spiro atoms. The molecule has 0 aromatic heterocycles. The number of likely N-dealkylation sites (N-methyl/N-ethyl adjacent to an activating group) is 2. The minimum atomic E-state index is -4.06. The zero-order valence-electron chi connectivity index (χ0n) is 55.2. The van der Waals surface area contributed by atoms with E-state index >= 15 is 0 Å². The number of amides is 1. The summed E-state index contributed by atoms with van der Waals surface area (Å²) >= 11 is 0. The average molecular weight is 1310 g/mol. The third-order valence-electron chi connectivity index (χ3n) is 17.4. The van der Waals surface area contributed by atoms with Gasteiger partial charge < -0.3 is 48.6 Å². The van der Waals surface area contributed by atoms with Crippen molar-refractivity contribution >= 4 is 50.5 Å². The van der Waals surface area contributed by atoms with Crippen molar-refractivity contribution in [2.24, 2.45) is 5.10 Å². The number of anilines is 3. The third-order valence-corrected chi connectivity index (χ3v) is 18.9. The monoisotopic (exact) mass is 1310 g/mol. The first kappa shape index (κ1) is 70.4. The van der Waals surface area contributed by atoms with E-state index in [9.17, 15) is 18.0 Å². The summed E-state index contributed by atoms with van der Waals surface area (Å²) < 4.78 is 57.2. The number of nitrogens with one attached hydrogen (secondary N) is 3. The van der Waals surface area contributed by atoms with Crippen LogP contribution in [-0.2, 0) is 40.6 Å². The van der Waals surface area contributed by atoms with E-state index in [1.807, 2.05) is 84.9 Å². The van der Waals surface area contributed by atoms with Gasteiger partial charge in [-0.2, -0.15) is 0 Å². The number of hydrazone groups is 1. The van der Waals surface area contributed by atoms with E-state index < -0.39 is 33.3 Å². The van der Waals surface area contributed by atoms with Crippen LogP contribution in [0, 0.1) is 0 Å². The summed E-state index contributed by atoms with van der Waals surface area (Å²) in [4.78, 5) is 35.3. The van der Waals surface area contributed by atoms with E-state index in [2.05, 4.69) is 116 Å². The standard InChI is InChI=1S/C31H37N3O2.C30H35N5O6S.C13H18N2O.CH4/c1-3-33-17-19-34(20-18-33)27-12-9-24(10-13-27)11-14-29-28-22-30(35-2)31(21-26(28)15-16-32-29)36-23-25-7-5-4-6-8-25;1-30(2,3)41-29(36)34-16-15-22-17-27(40-19-21-11-7-5-8-12-21)26(39-4)18-24(22)25(34)20-42(37,38)28-31-32-33-35(28)23-13-9-6-10-14-23;1-2-14-7-9-15(10-8-14)13-5-3-12(11-16)4-6-13;/h4-14,21-22,29,32H,3,15-20,23H2,1-2H3;5-14,17-18,25,32-33H,15-16,19-20H2,1-4H3;3-6,11H,2,7-10H2,1H3;1H4/b14-11+;;;. The minimum absolute atomic E-state index is 0. The van der Waals surface area contributed by atoms with Crippen LogP contribution >= 0.6 is 0 Å². The molecule has 2 unspecified atom stereocenters. The van der Waals surface area contributed by atoms with Crippen LogP contribution in [0.15, 0.2) is 175 Å². The molecule has 504 valence electrons. The summed E-state index contributed by atoms with van der Waals surface area (Å²) in [5.74, 6) is 2.12. The Morgan fingerprint density at radius 3 is 1.59 bits per heavy atom. The van der Waals surface area contributed by atoms with E-state index in [4.69, 9.17) is 23.7 Å². The number of ether oxygens (including phenoxy) is 5. The van der Waals surface area contributed by atoms with Crippen LogP contribution in [0.4, 0.5) is 21.9 Å². The molecular formula is C75H94N10O9S. The molecule has 0 saturated carbocycles. The molecule has 0 radical (unpaired) electrons. The first-order valence-corrected chi connectivity index (χ1v) is 34.2. The molecule has 2 atom stereocenters. The van der Waals surface area contributed by atoms with E-state index in [0.717, 1.165) is 118 Å². The Bertz CT molecular complexity index is 3770. The van der Waals surface area contributed by atoms with Crippen molar-refractivity contribution in [1.82, 2.24) is 31.1 Å². The summed E-state index contributed by atoms with van der Waals surface area (Å²) in [6.45, 7) is 23.0. The molecule has 2 fully saturated rings. The van der Waals surface area contributed by atoms with E-state index in [-0.39, 0.29) is 25.2 Å². The lowest BCUT2D eigenvalue weighted by atomic mass is 9.93. The van der Waals surface area contributed by atoms with Crippen molar-refractivity contribution in [1.29, 1.82) is 0 Å². The van der Waals surface area contributed by atoms with Gasteiger partial charge in [-0.25, -0.2) is 23.8 Å². The number of piperazine rings is 2. The number of para-hydroxylation sites is 1. The number of carbonyl (C=O) groups excluding carboxylic acids is 2. The molecule has 0 bridgehead atoms. The first-order valence-electron chi connectivity index (χ1n) is 32.5. The van der Waals surface area contributed by atoms with Gasteiger partial charge in [0.05, 0.1) is 37.7 Å². The normalized spacial score (nSPS) is 17.3. The Labute approximate surface area is 562 Å². The number of hydrazine groups is 2. The molecule has 19 nitrogen and oxygen atoms in total. The van der Waals surface area contributed by atoms with E-state index in [0.29, 0.717) is 42.4 Å². The molecular weight excluding hydrogens is 1220 g/mol. The Morgan fingerprint density at radius 2 is 1.09 bits per heavy atom.